The van der Waals surface area contributed by atoms with Crippen molar-refractivity contribution in [3.05, 3.63) is 28.8 Å². The Morgan fingerprint density at radius 3 is 2.37 bits per heavy atom. The van der Waals surface area contributed by atoms with E-state index >= 15 is 0 Å². The Morgan fingerprint density at radius 1 is 1.32 bits per heavy atom. The van der Waals surface area contributed by atoms with Crippen LogP contribution in [0.5, 0.6) is 5.75 Å². The summed E-state index contributed by atoms with van der Waals surface area (Å²) in [6, 6.07) is 3.45. The van der Waals surface area contributed by atoms with Crippen molar-refractivity contribution >= 4 is 14.1 Å². The summed E-state index contributed by atoms with van der Waals surface area (Å²) in [6.45, 7) is 7.24. The van der Waals surface area contributed by atoms with Crippen LogP contribution in [0.1, 0.15) is 37.0 Å². The van der Waals surface area contributed by atoms with Gasteiger partial charge < -0.3 is 4.52 Å². The second kappa shape index (κ2) is 5.45. The van der Waals surface area contributed by atoms with Crippen LogP contribution in [-0.2, 0) is 14.8 Å². The minimum absolute atomic E-state index is 0.117. The van der Waals surface area contributed by atoms with Crippen LogP contribution in [0.3, 0.4) is 0 Å². The first kappa shape index (κ1) is 15.9. The van der Waals surface area contributed by atoms with E-state index in [2.05, 4.69) is 0 Å². The molecular weight excluding hydrogens is 267 g/mol. The summed E-state index contributed by atoms with van der Waals surface area (Å²) < 4.78 is 15.8. The van der Waals surface area contributed by atoms with Crippen LogP contribution < -0.4 is 4.52 Å². The van der Waals surface area contributed by atoms with E-state index in [1.165, 1.54) is 0 Å². The molecule has 0 spiro atoms. The van der Waals surface area contributed by atoms with Gasteiger partial charge in [-0.1, -0.05) is 19.9 Å². The average molecular weight is 285 g/mol. The molecule has 0 saturated heterocycles. The first-order valence-electron chi connectivity index (χ1n) is 5.79. The molecule has 0 aromatic heterocycles. The van der Waals surface area contributed by atoms with E-state index in [0.717, 1.165) is 11.1 Å². The van der Waals surface area contributed by atoms with Gasteiger partial charge in [-0.2, -0.15) is 0 Å². The van der Waals surface area contributed by atoms with Crippen molar-refractivity contribution in [2.75, 3.05) is 0 Å². The van der Waals surface area contributed by atoms with Gasteiger partial charge in [-0.05, 0) is 31.0 Å². The standard InChI is InChI=1S/C13H18O5P/c1-9-7-10(2)12(13(3,4)5-6-14)11(8-9)18-19(15,16)17/h7-8H,5H2,1-4H3,(H2,15,16,17). The van der Waals surface area contributed by atoms with Crippen LogP contribution in [0.25, 0.3) is 0 Å². The number of hydrogen-bond acceptors (Lipinski definition) is 3. The van der Waals surface area contributed by atoms with Crippen molar-refractivity contribution in [2.45, 2.75) is 39.5 Å². The minimum atomic E-state index is -4.64. The summed E-state index contributed by atoms with van der Waals surface area (Å²) in [5, 5.41) is 0. The van der Waals surface area contributed by atoms with Crippen molar-refractivity contribution in [3.8, 4) is 5.75 Å². The average Bonchev–Trinajstić information content (AvgIpc) is 2.11. The lowest BCUT2D eigenvalue weighted by atomic mass is 9.79. The van der Waals surface area contributed by atoms with Crippen molar-refractivity contribution in [2.24, 2.45) is 0 Å². The molecule has 105 valence electrons. The van der Waals surface area contributed by atoms with Crippen molar-refractivity contribution in [1.29, 1.82) is 0 Å². The molecule has 0 bridgehead atoms. The molecule has 6 heteroatoms. The van der Waals surface area contributed by atoms with E-state index in [9.17, 15) is 9.36 Å². The Labute approximate surface area is 112 Å². The highest BCUT2D eigenvalue weighted by molar-refractivity contribution is 7.46. The minimum Gasteiger partial charge on any atom is -0.404 e. The summed E-state index contributed by atoms with van der Waals surface area (Å²) in [4.78, 5) is 28.6. The second-order valence-electron chi connectivity index (χ2n) is 5.24. The van der Waals surface area contributed by atoms with Gasteiger partial charge in [0.25, 0.3) is 0 Å². The molecule has 0 saturated carbocycles. The predicted molar refractivity (Wildman–Crippen MR) is 71.9 cm³/mol. The fraction of sp³-hybridized carbons (Fsp3) is 0.462. The van der Waals surface area contributed by atoms with Gasteiger partial charge in [0.2, 0.25) is 0 Å². The quantitative estimate of drug-likeness (QED) is 0.812. The maximum atomic E-state index is 11.1. The Morgan fingerprint density at radius 2 is 1.89 bits per heavy atom. The highest BCUT2D eigenvalue weighted by Gasteiger charge is 2.29. The third kappa shape index (κ3) is 4.16. The highest BCUT2D eigenvalue weighted by Crippen LogP contribution is 2.44. The SMILES string of the molecule is Cc1cc(C)c(C(C)(C)C[C]=O)c(OP(=O)(O)O)c1. The highest BCUT2D eigenvalue weighted by atomic mass is 31.2. The van der Waals surface area contributed by atoms with E-state index in [4.69, 9.17) is 14.3 Å². The number of carbonyl (C=O) groups excluding carboxylic acids is 1. The molecule has 0 unspecified atom stereocenters. The van der Waals surface area contributed by atoms with Crippen LogP contribution in [0.15, 0.2) is 12.1 Å². The van der Waals surface area contributed by atoms with E-state index in [0.29, 0.717) is 5.56 Å². The van der Waals surface area contributed by atoms with Crippen LogP contribution in [0, 0.1) is 13.8 Å². The molecule has 19 heavy (non-hydrogen) atoms. The maximum absolute atomic E-state index is 11.1. The molecule has 1 radical (unpaired) electrons. The molecule has 0 aliphatic heterocycles. The summed E-state index contributed by atoms with van der Waals surface area (Å²) in [7, 11) is -4.64. The van der Waals surface area contributed by atoms with Crippen molar-refractivity contribution in [1.82, 2.24) is 0 Å². The molecule has 0 heterocycles. The van der Waals surface area contributed by atoms with Crippen LogP contribution >= 0.6 is 7.82 Å². The number of phosphoric acid groups is 1. The number of aryl methyl sites for hydroxylation is 2. The van der Waals surface area contributed by atoms with Gasteiger partial charge in [-0.15, -0.1) is 0 Å². The largest absolute Gasteiger partial charge is 0.524 e. The molecule has 1 rings (SSSR count). The smallest absolute Gasteiger partial charge is 0.404 e. The van der Waals surface area contributed by atoms with Crippen molar-refractivity contribution < 1.29 is 23.7 Å². The zero-order valence-electron chi connectivity index (χ0n) is 11.4. The Bertz CT molecular complexity index is 530. The van der Waals surface area contributed by atoms with Gasteiger partial charge in [0.05, 0.1) is 0 Å². The lowest BCUT2D eigenvalue weighted by Crippen LogP contribution is -2.20. The zero-order chi connectivity index (χ0) is 14.8. The van der Waals surface area contributed by atoms with E-state index in [-0.39, 0.29) is 12.2 Å². The number of phosphoric ester groups is 1. The first-order valence-corrected chi connectivity index (χ1v) is 7.32. The van der Waals surface area contributed by atoms with Crippen LogP contribution in [-0.4, -0.2) is 16.1 Å². The number of hydrogen-bond donors (Lipinski definition) is 2. The lowest BCUT2D eigenvalue weighted by molar-refractivity contribution is 0.280. The molecule has 0 aliphatic carbocycles. The number of benzene rings is 1. The monoisotopic (exact) mass is 285 g/mol. The summed E-state index contributed by atoms with van der Waals surface area (Å²) >= 11 is 0. The molecule has 0 aliphatic rings. The lowest BCUT2D eigenvalue weighted by Gasteiger charge is -2.27. The molecule has 0 fully saturated rings. The van der Waals surface area contributed by atoms with Gasteiger partial charge >= 0.3 is 7.82 Å². The van der Waals surface area contributed by atoms with Gasteiger partial charge in [-0.25, -0.2) is 4.57 Å². The third-order valence-electron chi connectivity index (χ3n) is 2.85. The Hall–Kier alpha value is -1.16. The Balaban J connectivity index is 3.44. The summed E-state index contributed by atoms with van der Waals surface area (Å²) in [6.07, 6.45) is 1.96. The van der Waals surface area contributed by atoms with Gasteiger partial charge in [0.1, 0.15) is 5.75 Å². The van der Waals surface area contributed by atoms with Gasteiger partial charge in [0, 0.05) is 17.4 Å². The molecule has 1 aromatic rings. The fourth-order valence-corrected chi connectivity index (χ4v) is 2.67. The first-order chi connectivity index (χ1) is 8.57. The molecule has 0 atom stereocenters. The topological polar surface area (TPSA) is 83.8 Å². The zero-order valence-corrected chi connectivity index (χ0v) is 12.3. The molecular formula is C13H18O5P. The normalized spacial score (nSPS) is 12.3. The second-order valence-corrected chi connectivity index (χ2v) is 6.41. The van der Waals surface area contributed by atoms with E-state index in [1.807, 2.05) is 40.0 Å². The molecule has 0 amide bonds. The van der Waals surface area contributed by atoms with E-state index in [1.54, 1.807) is 6.07 Å². The van der Waals surface area contributed by atoms with Gasteiger partial charge in [0.15, 0.2) is 6.29 Å². The summed E-state index contributed by atoms with van der Waals surface area (Å²) in [5.74, 6) is 0.117. The van der Waals surface area contributed by atoms with E-state index < -0.39 is 13.2 Å². The van der Waals surface area contributed by atoms with Crippen LogP contribution in [0.2, 0.25) is 0 Å². The summed E-state index contributed by atoms with van der Waals surface area (Å²) in [5.41, 5.74) is 1.66. The Kier molecular flexibility index (Phi) is 4.56. The predicted octanol–water partition coefficient (Wildman–Crippen LogP) is 2.55. The van der Waals surface area contributed by atoms with Gasteiger partial charge in [-0.3, -0.25) is 14.6 Å². The molecule has 5 nitrogen and oxygen atoms in total. The fourth-order valence-electron chi connectivity index (χ4n) is 2.26. The molecule has 1 aromatic carbocycles. The number of rotatable bonds is 5. The third-order valence-corrected chi connectivity index (χ3v) is 3.29. The maximum Gasteiger partial charge on any atom is 0.524 e. The van der Waals surface area contributed by atoms with Crippen molar-refractivity contribution in [3.63, 3.8) is 0 Å². The van der Waals surface area contributed by atoms with Crippen LogP contribution in [0.4, 0.5) is 0 Å². The molecule has 2 N–H and O–H groups in total.